The highest BCUT2D eigenvalue weighted by molar-refractivity contribution is 5.48. The van der Waals surface area contributed by atoms with Crippen molar-refractivity contribution in [2.45, 2.75) is 52.2 Å². The fourth-order valence-electron chi connectivity index (χ4n) is 1.67. The molecule has 0 aliphatic heterocycles. The van der Waals surface area contributed by atoms with Crippen molar-refractivity contribution in [3.05, 3.63) is 0 Å². The number of carbonyl (C=O) groups excluding carboxylic acids is 1. The monoisotopic (exact) mass is 217 g/mol. The molecule has 0 heterocycles. The quantitative estimate of drug-likeness (QED) is 0.549. The summed E-state index contributed by atoms with van der Waals surface area (Å²) in [6, 6.07) is 0. The molecule has 4 heteroatoms. The first-order chi connectivity index (χ1) is 6.90. The number of hydrogen-bond donors (Lipinski definition) is 3. The van der Waals surface area contributed by atoms with Crippen LogP contribution in [0.3, 0.4) is 0 Å². The third-order valence-corrected chi connectivity index (χ3v) is 3.56. The highest BCUT2D eigenvalue weighted by Crippen LogP contribution is 2.33. The van der Waals surface area contributed by atoms with Crippen LogP contribution >= 0.6 is 0 Å². The molecule has 0 aliphatic carbocycles. The Kier molecular flexibility index (Phi) is 5.24. The molecule has 4 nitrogen and oxygen atoms in total. The van der Waals surface area contributed by atoms with Gasteiger partial charge >= 0.3 is 0 Å². The zero-order chi connectivity index (χ0) is 12.1. The number of amides is 1. The molecule has 90 valence electrons. The summed E-state index contributed by atoms with van der Waals surface area (Å²) < 4.78 is 0. The van der Waals surface area contributed by atoms with Gasteiger partial charge in [-0.3, -0.25) is 4.79 Å². The Balaban J connectivity index is 4.91. The fourth-order valence-corrected chi connectivity index (χ4v) is 1.67. The molecule has 0 aromatic carbocycles. The van der Waals surface area contributed by atoms with Gasteiger partial charge in [0.1, 0.15) is 0 Å². The van der Waals surface area contributed by atoms with E-state index < -0.39 is 17.1 Å². The lowest BCUT2D eigenvalue weighted by Gasteiger charge is -2.43. The van der Waals surface area contributed by atoms with Crippen LogP contribution in [0.15, 0.2) is 0 Å². The van der Waals surface area contributed by atoms with Crippen LogP contribution in [0.25, 0.3) is 0 Å². The fraction of sp³-hybridized carbons (Fsp3) is 0.909. The second-order valence-corrected chi connectivity index (χ2v) is 4.60. The first kappa shape index (κ1) is 14.4. The molecule has 0 rings (SSSR count). The minimum Gasteiger partial charge on any atom is -0.396 e. The summed E-state index contributed by atoms with van der Waals surface area (Å²) in [5.41, 5.74) is -1.27. The molecule has 0 fully saturated rings. The van der Waals surface area contributed by atoms with E-state index in [1.54, 1.807) is 6.92 Å². The molecule has 0 bridgehead atoms. The molecule has 1 amide bonds. The largest absolute Gasteiger partial charge is 0.396 e. The van der Waals surface area contributed by atoms with E-state index in [2.05, 4.69) is 5.32 Å². The summed E-state index contributed by atoms with van der Waals surface area (Å²) in [6.07, 6.45) is 1.10. The first-order valence-electron chi connectivity index (χ1n) is 5.40. The van der Waals surface area contributed by atoms with Gasteiger partial charge in [0, 0.05) is 5.41 Å². The van der Waals surface area contributed by atoms with Gasteiger partial charge in [-0.25, -0.2) is 0 Å². The molecule has 0 radical (unpaired) electrons. The van der Waals surface area contributed by atoms with Crippen LogP contribution < -0.4 is 5.32 Å². The van der Waals surface area contributed by atoms with Gasteiger partial charge in [-0.2, -0.15) is 0 Å². The van der Waals surface area contributed by atoms with Crippen LogP contribution in [-0.2, 0) is 4.79 Å². The minimum atomic E-state index is -0.768. The van der Waals surface area contributed by atoms with Crippen molar-refractivity contribution >= 4 is 6.41 Å². The molecule has 3 unspecified atom stereocenters. The van der Waals surface area contributed by atoms with E-state index in [0.29, 0.717) is 19.3 Å². The van der Waals surface area contributed by atoms with Gasteiger partial charge in [0.15, 0.2) is 0 Å². The van der Waals surface area contributed by atoms with Crippen LogP contribution in [0.4, 0.5) is 0 Å². The summed E-state index contributed by atoms with van der Waals surface area (Å²) in [5, 5.41) is 22.2. The zero-order valence-electron chi connectivity index (χ0n) is 10.1. The predicted molar refractivity (Wildman–Crippen MR) is 59.4 cm³/mol. The van der Waals surface area contributed by atoms with Crippen LogP contribution in [0.2, 0.25) is 0 Å². The van der Waals surface area contributed by atoms with E-state index in [4.69, 9.17) is 0 Å². The number of hydrogen-bond acceptors (Lipinski definition) is 3. The lowest BCUT2D eigenvalue weighted by molar-refractivity contribution is -0.116. The smallest absolute Gasteiger partial charge is 0.207 e. The van der Waals surface area contributed by atoms with Crippen LogP contribution in [0.5, 0.6) is 0 Å². The van der Waals surface area contributed by atoms with E-state index >= 15 is 0 Å². The number of aliphatic hydroxyl groups is 2. The second kappa shape index (κ2) is 5.47. The Bertz CT molecular complexity index is 204. The lowest BCUT2D eigenvalue weighted by atomic mass is 9.72. The van der Waals surface area contributed by atoms with E-state index in [0.717, 1.165) is 0 Å². The van der Waals surface area contributed by atoms with E-state index in [-0.39, 0.29) is 6.61 Å². The molecule has 0 spiro atoms. The number of aliphatic hydroxyl groups excluding tert-OH is 2. The number of carbonyl (C=O) groups is 1. The summed E-state index contributed by atoms with van der Waals surface area (Å²) in [7, 11) is 0. The number of nitrogens with one attached hydrogen (secondary N) is 1. The molecular formula is C11H23NO3. The molecule has 0 aromatic rings. The highest BCUT2D eigenvalue weighted by Gasteiger charge is 2.42. The second-order valence-electron chi connectivity index (χ2n) is 4.60. The van der Waals surface area contributed by atoms with E-state index in [1.165, 1.54) is 0 Å². The van der Waals surface area contributed by atoms with Crippen LogP contribution in [0, 0.1) is 5.41 Å². The first-order valence-corrected chi connectivity index (χ1v) is 5.40. The van der Waals surface area contributed by atoms with Crippen molar-refractivity contribution in [3.63, 3.8) is 0 Å². The van der Waals surface area contributed by atoms with Crippen LogP contribution in [0.1, 0.15) is 40.5 Å². The lowest BCUT2D eigenvalue weighted by Crippen LogP contribution is -2.58. The van der Waals surface area contributed by atoms with Crippen LogP contribution in [-0.4, -0.2) is 34.9 Å². The molecular weight excluding hydrogens is 194 g/mol. The molecule has 0 aromatic heterocycles. The van der Waals surface area contributed by atoms with Gasteiger partial charge in [-0.1, -0.05) is 20.8 Å². The third-order valence-electron chi connectivity index (χ3n) is 3.56. The van der Waals surface area contributed by atoms with Gasteiger partial charge in [0.25, 0.3) is 0 Å². The summed E-state index contributed by atoms with van der Waals surface area (Å²) in [4.78, 5) is 10.5. The highest BCUT2D eigenvalue weighted by atomic mass is 16.3. The van der Waals surface area contributed by atoms with Gasteiger partial charge in [-0.05, 0) is 19.8 Å². The van der Waals surface area contributed by atoms with E-state index in [9.17, 15) is 15.0 Å². The van der Waals surface area contributed by atoms with Crippen molar-refractivity contribution < 1.29 is 15.0 Å². The third kappa shape index (κ3) is 2.92. The predicted octanol–water partition coefficient (Wildman–Crippen LogP) is 0.671. The van der Waals surface area contributed by atoms with Crippen molar-refractivity contribution in [1.29, 1.82) is 0 Å². The molecule has 3 atom stereocenters. The maximum absolute atomic E-state index is 10.5. The van der Waals surface area contributed by atoms with Crippen molar-refractivity contribution in [2.75, 3.05) is 6.61 Å². The zero-order valence-corrected chi connectivity index (χ0v) is 10.1. The standard InChI is InChI=1S/C11H23NO3/c1-5-10(3,7-13)9(15)11(4,6-2)12-8-14/h8-9,13,15H,5-7H2,1-4H3,(H,12,14). The Morgan fingerprint density at radius 2 is 1.87 bits per heavy atom. The molecule has 0 aliphatic rings. The van der Waals surface area contributed by atoms with Crippen molar-refractivity contribution in [1.82, 2.24) is 5.32 Å². The normalized spacial score (nSPS) is 21.2. The Labute approximate surface area is 91.7 Å². The molecule has 3 N–H and O–H groups in total. The van der Waals surface area contributed by atoms with Gasteiger partial charge in [0.2, 0.25) is 6.41 Å². The SMILES string of the molecule is CCC(C)(CO)C(O)C(C)(CC)NC=O. The average Bonchev–Trinajstić information content (AvgIpc) is 2.27. The molecule has 0 saturated carbocycles. The Morgan fingerprint density at radius 1 is 1.33 bits per heavy atom. The van der Waals surface area contributed by atoms with E-state index in [1.807, 2.05) is 20.8 Å². The van der Waals surface area contributed by atoms with Gasteiger partial charge in [-0.15, -0.1) is 0 Å². The van der Waals surface area contributed by atoms with Crippen molar-refractivity contribution in [3.8, 4) is 0 Å². The Morgan fingerprint density at radius 3 is 2.13 bits per heavy atom. The Hall–Kier alpha value is -0.610. The minimum absolute atomic E-state index is 0.0964. The molecule has 0 saturated heterocycles. The maximum Gasteiger partial charge on any atom is 0.207 e. The topological polar surface area (TPSA) is 69.6 Å². The summed E-state index contributed by atoms with van der Waals surface area (Å²) >= 11 is 0. The van der Waals surface area contributed by atoms with Gasteiger partial charge < -0.3 is 15.5 Å². The summed E-state index contributed by atoms with van der Waals surface area (Å²) in [6.45, 7) is 7.32. The summed E-state index contributed by atoms with van der Waals surface area (Å²) in [5.74, 6) is 0. The van der Waals surface area contributed by atoms with Crippen molar-refractivity contribution in [2.24, 2.45) is 5.41 Å². The van der Waals surface area contributed by atoms with Gasteiger partial charge in [0.05, 0.1) is 18.2 Å². The maximum atomic E-state index is 10.5. The molecule has 15 heavy (non-hydrogen) atoms. The average molecular weight is 217 g/mol. The number of rotatable bonds is 7.